The number of hydrogen-bond donors (Lipinski definition) is 1. The molecule has 6 heteroatoms. The third-order valence-corrected chi connectivity index (χ3v) is 4.76. The van der Waals surface area contributed by atoms with Gasteiger partial charge in [-0.1, -0.05) is 12.1 Å². The molecular formula is C22H24N2O4. The average molecular weight is 380 g/mol. The Hall–Kier alpha value is -3.28. The van der Waals surface area contributed by atoms with Gasteiger partial charge in [-0.25, -0.2) is 4.79 Å². The molecule has 3 rings (SSSR count). The zero-order valence-corrected chi connectivity index (χ0v) is 16.5. The minimum atomic E-state index is -0.417. The van der Waals surface area contributed by atoms with Crippen molar-refractivity contribution < 1.29 is 13.9 Å². The van der Waals surface area contributed by atoms with Crippen LogP contribution in [0.1, 0.15) is 17.5 Å². The van der Waals surface area contributed by atoms with E-state index in [0.717, 1.165) is 22.3 Å². The maximum atomic E-state index is 12.5. The lowest BCUT2D eigenvalue weighted by Crippen LogP contribution is -2.18. The standard InChI is InChI=1S/C22H24N2O4/c1-14-16-10-9-15(27-4)13-20(16)28-22(26)17(14)11-12-21(25)23-18-7-5-6-8-19(18)24(2)3/h5-10,13H,11-12H2,1-4H3,(H,23,25). The Morgan fingerprint density at radius 2 is 1.93 bits per heavy atom. The van der Waals surface area contributed by atoms with E-state index < -0.39 is 5.63 Å². The van der Waals surface area contributed by atoms with Gasteiger partial charge in [0.05, 0.1) is 18.5 Å². The van der Waals surface area contributed by atoms with E-state index in [2.05, 4.69) is 5.32 Å². The molecule has 1 aromatic heterocycles. The Labute approximate surface area is 163 Å². The van der Waals surface area contributed by atoms with E-state index in [4.69, 9.17) is 9.15 Å². The number of amides is 1. The molecule has 2 aromatic carbocycles. The summed E-state index contributed by atoms with van der Waals surface area (Å²) in [4.78, 5) is 26.8. The highest BCUT2D eigenvalue weighted by Gasteiger charge is 2.14. The van der Waals surface area contributed by atoms with Crippen LogP contribution in [0.3, 0.4) is 0 Å². The largest absolute Gasteiger partial charge is 0.497 e. The summed E-state index contributed by atoms with van der Waals surface area (Å²) >= 11 is 0. The van der Waals surface area contributed by atoms with Crippen LogP contribution in [-0.2, 0) is 11.2 Å². The molecule has 0 unspecified atom stereocenters. The SMILES string of the molecule is COc1ccc2c(C)c(CCC(=O)Nc3ccccc3N(C)C)c(=O)oc2c1. The van der Waals surface area contributed by atoms with Crippen LogP contribution in [0.2, 0.25) is 0 Å². The van der Waals surface area contributed by atoms with Crippen LogP contribution in [0.5, 0.6) is 5.75 Å². The molecule has 0 saturated carbocycles. The highest BCUT2D eigenvalue weighted by atomic mass is 16.5. The van der Waals surface area contributed by atoms with E-state index >= 15 is 0 Å². The Bertz CT molecular complexity index is 1070. The number of nitrogens with one attached hydrogen (secondary N) is 1. The van der Waals surface area contributed by atoms with Gasteiger partial charge in [-0.15, -0.1) is 0 Å². The van der Waals surface area contributed by atoms with Crippen LogP contribution >= 0.6 is 0 Å². The zero-order chi connectivity index (χ0) is 20.3. The first-order chi connectivity index (χ1) is 13.4. The fourth-order valence-corrected chi connectivity index (χ4v) is 3.21. The Balaban J connectivity index is 1.78. The van der Waals surface area contributed by atoms with Gasteiger partial charge in [-0.2, -0.15) is 0 Å². The second-order valence-corrected chi connectivity index (χ2v) is 6.81. The van der Waals surface area contributed by atoms with Gasteiger partial charge in [0.2, 0.25) is 5.91 Å². The molecule has 146 valence electrons. The lowest BCUT2D eigenvalue weighted by molar-refractivity contribution is -0.116. The molecule has 28 heavy (non-hydrogen) atoms. The van der Waals surface area contributed by atoms with Crippen molar-refractivity contribution in [2.75, 3.05) is 31.4 Å². The minimum Gasteiger partial charge on any atom is -0.497 e. The van der Waals surface area contributed by atoms with Crippen LogP contribution in [0.15, 0.2) is 51.7 Å². The van der Waals surface area contributed by atoms with Crippen molar-refractivity contribution in [3.8, 4) is 5.75 Å². The number of hydrogen-bond acceptors (Lipinski definition) is 5. The lowest BCUT2D eigenvalue weighted by Gasteiger charge is -2.17. The van der Waals surface area contributed by atoms with E-state index in [9.17, 15) is 9.59 Å². The molecule has 3 aromatic rings. The second-order valence-electron chi connectivity index (χ2n) is 6.81. The van der Waals surface area contributed by atoms with E-state index in [1.165, 1.54) is 0 Å². The van der Waals surface area contributed by atoms with Crippen molar-refractivity contribution in [2.24, 2.45) is 0 Å². The smallest absolute Gasteiger partial charge is 0.339 e. The van der Waals surface area contributed by atoms with Crippen LogP contribution in [0.4, 0.5) is 11.4 Å². The Morgan fingerprint density at radius 3 is 2.64 bits per heavy atom. The summed E-state index contributed by atoms with van der Waals surface area (Å²) in [5.41, 5.74) is 3.08. The summed E-state index contributed by atoms with van der Waals surface area (Å²) in [7, 11) is 5.40. The van der Waals surface area contributed by atoms with Crippen LogP contribution in [0.25, 0.3) is 11.0 Å². The maximum Gasteiger partial charge on any atom is 0.339 e. The average Bonchev–Trinajstić information content (AvgIpc) is 2.67. The number of para-hydroxylation sites is 2. The third-order valence-electron chi connectivity index (χ3n) is 4.76. The first-order valence-electron chi connectivity index (χ1n) is 9.07. The van der Waals surface area contributed by atoms with Crippen molar-refractivity contribution in [1.82, 2.24) is 0 Å². The molecule has 6 nitrogen and oxygen atoms in total. The molecule has 0 fully saturated rings. The quantitative estimate of drug-likeness (QED) is 0.660. The monoisotopic (exact) mass is 380 g/mol. The molecule has 1 N–H and O–H groups in total. The highest BCUT2D eigenvalue weighted by molar-refractivity contribution is 5.94. The summed E-state index contributed by atoms with van der Waals surface area (Å²) in [5.74, 6) is 0.477. The van der Waals surface area contributed by atoms with Crippen molar-refractivity contribution in [2.45, 2.75) is 19.8 Å². The minimum absolute atomic E-state index is 0.150. The van der Waals surface area contributed by atoms with E-state index in [0.29, 0.717) is 23.3 Å². The van der Waals surface area contributed by atoms with Gasteiger partial charge in [-0.05, 0) is 43.2 Å². The van der Waals surface area contributed by atoms with E-state index in [1.807, 2.05) is 62.3 Å². The number of anilines is 2. The molecule has 1 heterocycles. The van der Waals surface area contributed by atoms with Crippen LogP contribution in [-0.4, -0.2) is 27.1 Å². The summed E-state index contributed by atoms with van der Waals surface area (Å²) in [6.07, 6.45) is 0.501. The van der Waals surface area contributed by atoms with Gasteiger partial charge in [-0.3, -0.25) is 4.79 Å². The third kappa shape index (κ3) is 4.01. The number of benzene rings is 2. The molecular weight excluding hydrogens is 356 g/mol. The molecule has 1 amide bonds. The number of nitrogens with zero attached hydrogens (tertiary/aromatic N) is 1. The van der Waals surface area contributed by atoms with Crippen LogP contribution in [0, 0.1) is 6.92 Å². The molecule has 0 radical (unpaired) electrons. The lowest BCUT2D eigenvalue weighted by atomic mass is 10.0. The van der Waals surface area contributed by atoms with Gasteiger partial charge in [0.1, 0.15) is 11.3 Å². The molecule has 0 saturated heterocycles. The number of carbonyl (C=O) groups excluding carboxylic acids is 1. The molecule has 0 bridgehead atoms. The second kappa shape index (κ2) is 8.17. The summed E-state index contributed by atoms with van der Waals surface area (Å²) < 4.78 is 10.6. The Morgan fingerprint density at radius 1 is 1.18 bits per heavy atom. The van der Waals surface area contributed by atoms with Gasteiger partial charge in [0.25, 0.3) is 0 Å². The molecule has 0 atom stereocenters. The molecule has 0 aliphatic heterocycles. The topological polar surface area (TPSA) is 71.8 Å². The zero-order valence-electron chi connectivity index (χ0n) is 16.5. The first kappa shape index (κ1) is 19.5. The first-order valence-corrected chi connectivity index (χ1v) is 9.07. The van der Waals surface area contributed by atoms with E-state index in [1.54, 1.807) is 13.2 Å². The highest BCUT2D eigenvalue weighted by Crippen LogP contribution is 2.25. The summed E-state index contributed by atoms with van der Waals surface area (Å²) in [6.45, 7) is 1.88. The van der Waals surface area contributed by atoms with Crippen molar-refractivity contribution in [3.63, 3.8) is 0 Å². The summed E-state index contributed by atoms with van der Waals surface area (Å²) in [6, 6.07) is 13.0. The fraction of sp³-hybridized carbons (Fsp3) is 0.273. The van der Waals surface area contributed by atoms with Gasteiger partial charge < -0.3 is 19.4 Å². The van der Waals surface area contributed by atoms with Crippen molar-refractivity contribution in [1.29, 1.82) is 0 Å². The fourth-order valence-electron chi connectivity index (χ4n) is 3.21. The number of ether oxygens (including phenoxy) is 1. The molecule has 0 spiro atoms. The molecule has 0 aliphatic rings. The Kier molecular flexibility index (Phi) is 5.68. The van der Waals surface area contributed by atoms with Gasteiger partial charge in [0, 0.05) is 37.5 Å². The summed E-state index contributed by atoms with van der Waals surface area (Å²) in [5, 5.41) is 3.76. The maximum absolute atomic E-state index is 12.5. The number of methoxy groups -OCH3 is 1. The molecule has 0 aliphatic carbocycles. The number of carbonyl (C=O) groups is 1. The van der Waals surface area contributed by atoms with Gasteiger partial charge >= 0.3 is 5.63 Å². The van der Waals surface area contributed by atoms with Crippen LogP contribution < -0.4 is 20.6 Å². The van der Waals surface area contributed by atoms with Crippen molar-refractivity contribution in [3.05, 3.63) is 64.0 Å². The number of fused-ring (bicyclic) bond motifs is 1. The predicted molar refractivity (Wildman–Crippen MR) is 111 cm³/mol. The van der Waals surface area contributed by atoms with E-state index in [-0.39, 0.29) is 12.3 Å². The number of aryl methyl sites for hydroxylation is 1. The van der Waals surface area contributed by atoms with Crippen molar-refractivity contribution >= 4 is 28.3 Å². The number of rotatable bonds is 6. The van der Waals surface area contributed by atoms with Gasteiger partial charge in [0.15, 0.2) is 0 Å². The predicted octanol–water partition coefficient (Wildman–Crippen LogP) is 3.75. The normalized spacial score (nSPS) is 10.7.